The molecular weight excluding hydrogens is 632 g/mol. The minimum Gasteiger partial charge on any atom is -0.444 e. The maximum absolute atomic E-state index is 13.6. The van der Waals surface area contributed by atoms with E-state index >= 15 is 0 Å². The number of benzene rings is 3. The van der Waals surface area contributed by atoms with Gasteiger partial charge in [0.15, 0.2) is 0 Å². The normalized spacial score (nSPS) is 15.3. The number of carbonyl (C=O) groups is 2. The molecule has 1 fully saturated rings. The van der Waals surface area contributed by atoms with Gasteiger partial charge in [0.25, 0.3) is 5.91 Å². The lowest BCUT2D eigenvalue weighted by molar-refractivity contribution is -0.137. The molecule has 15 heteroatoms. The summed E-state index contributed by atoms with van der Waals surface area (Å²) in [6.07, 6.45) is -6.61. The molecule has 0 radical (unpaired) electrons. The van der Waals surface area contributed by atoms with Crippen LogP contribution in [0, 0.1) is 0 Å². The molecule has 0 spiro atoms. The van der Waals surface area contributed by atoms with Crippen molar-refractivity contribution in [1.29, 1.82) is 0 Å². The van der Waals surface area contributed by atoms with E-state index in [2.05, 4.69) is 5.32 Å². The standard InChI is InChI=1S/C26H20Cl3F3N2O6S/c27-16-6-7-21(18(12-16)26(30,31)32)33-24(35)23(15-4-2-1-3-5-15)40-25(36)17-13-22(20(29)14-19(17)28)41(37,38)34-8-10-39-11-9-34/h1-7,12-14,23H,8-11H2,(H,33,35). The van der Waals surface area contributed by atoms with Crippen LogP contribution in [0.3, 0.4) is 0 Å². The van der Waals surface area contributed by atoms with E-state index in [0.29, 0.717) is 6.07 Å². The Kier molecular flexibility index (Phi) is 9.52. The number of nitrogens with zero attached hydrogens (tertiary/aromatic N) is 1. The summed E-state index contributed by atoms with van der Waals surface area (Å²) >= 11 is 18.1. The number of halogens is 6. The van der Waals surface area contributed by atoms with Crippen LogP contribution >= 0.6 is 34.8 Å². The molecule has 8 nitrogen and oxygen atoms in total. The van der Waals surface area contributed by atoms with Gasteiger partial charge in [-0.15, -0.1) is 0 Å². The maximum atomic E-state index is 13.6. The Labute approximate surface area is 247 Å². The predicted octanol–water partition coefficient (Wildman–Crippen LogP) is 6.22. The van der Waals surface area contributed by atoms with Crippen molar-refractivity contribution in [2.45, 2.75) is 17.2 Å². The van der Waals surface area contributed by atoms with E-state index in [1.165, 1.54) is 24.3 Å². The lowest BCUT2D eigenvalue weighted by Gasteiger charge is -2.26. The second-order valence-corrected chi connectivity index (χ2v) is 11.8. The van der Waals surface area contributed by atoms with Crippen LogP contribution in [0.4, 0.5) is 18.9 Å². The van der Waals surface area contributed by atoms with Gasteiger partial charge in [-0.2, -0.15) is 17.5 Å². The number of anilines is 1. The highest BCUT2D eigenvalue weighted by Crippen LogP contribution is 2.37. The van der Waals surface area contributed by atoms with Gasteiger partial charge >= 0.3 is 12.1 Å². The highest BCUT2D eigenvalue weighted by molar-refractivity contribution is 7.89. The van der Waals surface area contributed by atoms with E-state index in [1.54, 1.807) is 6.07 Å². The van der Waals surface area contributed by atoms with E-state index in [4.69, 9.17) is 44.3 Å². The maximum Gasteiger partial charge on any atom is 0.418 e. The number of morpholine rings is 1. The summed E-state index contributed by atoms with van der Waals surface area (Å²) in [6.45, 7) is 0.442. The molecule has 41 heavy (non-hydrogen) atoms. The summed E-state index contributed by atoms with van der Waals surface area (Å²) in [5.41, 5.74) is -2.14. The zero-order valence-electron chi connectivity index (χ0n) is 20.8. The Morgan fingerprint density at radius 3 is 2.24 bits per heavy atom. The average molecular weight is 652 g/mol. The van der Waals surface area contributed by atoms with Gasteiger partial charge < -0.3 is 14.8 Å². The number of esters is 1. The Balaban J connectivity index is 1.68. The van der Waals surface area contributed by atoms with E-state index in [0.717, 1.165) is 28.6 Å². The molecule has 218 valence electrons. The van der Waals surface area contributed by atoms with Gasteiger partial charge in [-0.25, -0.2) is 13.2 Å². The van der Waals surface area contributed by atoms with E-state index in [1.807, 2.05) is 0 Å². The molecule has 4 rings (SSSR count). The first-order chi connectivity index (χ1) is 19.3. The fourth-order valence-electron chi connectivity index (χ4n) is 3.94. The first kappa shape index (κ1) is 31.1. The zero-order valence-corrected chi connectivity index (χ0v) is 23.8. The molecule has 0 aromatic heterocycles. The number of nitrogens with one attached hydrogen (secondary N) is 1. The van der Waals surface area contributed by atoms with Crippen molar-refractivity contribution in [3.63, 3.8) is 0 Å². The van der Waals surface area contributed by atoms with Gasteiger partial charge in [0.2, 0.25) is 16.1 Å². The summed E-state index contributed by atoms with van der Waals surface area (Å²) in [6, 6.07) is 12.2. The highest BCUT2D eigenvalue weighted by Gasteiger charge is 2.36. The molecule has 1 unspecified atom stereocenters. The quantitative estimate of drug-likeness (QED) is 0.304. The molecular formula is C26H20Cl3F3N2O6S. The third-order valence-electron chi connectivity index (χ3n) is 5.94. The van der Waals surface area contributed by atoms with Crippen molar-refractivity contribution >= 4 is 62.4 Å². The molecule has 3 aromatic rings. The minimum absolute atomic E-state index is 0.0575. The average Bonchev–Trinajstić information content (AvgIpc) is 2.92. The molecule has 0 bridgehead atoms. The first-order valence-electron chi connectivity index (χ1n) is 11.8. The smallest absolute Gasteiger partial charge is 0.418 e. The number of carbonyl (C=O) groups excluding carboxylic acids is 2. The van der Waals surface area contributed by atoms with Gasteiger partial charge in [0.1, 0.15) is 4.90 Å². The molecule has 1 saturated heterocycles. The SMILES string of the molecule is O=C(OC(C(=O)Nc1ccc(Cl)cc1C(F)(F)F)c1ccccc1)c1cc(S(=O)(=O)N2CCOCC2)c(Cl)cc1Cl. The highest BCUT2D eigenvalue weighted by atomic mass is 35.5. The third-order valence-corrected chi connectivity index (χ3v) is 8.85. The van der Waals surface area contributed by atoms with Crippen LogP contribution in [0.2, 0.25) is 15.1 Å². The molecule has 1 N–H and O–H groups in total. The van der Waals surface area contributed by atoms with Gasteiger partial charge in [0, 0.05) is 23.7 Å². The lowest BCUT2D eigenvalue weighted by atomic mass is 10.1. The van der Waals surface area contributed by atoms with Gasteiger partial charge in [0.05, 0.1) is 40.1 Å². The minimum atomic E-state index is -4.86. The number of rotatable bonds is 7. The Morgan fingerprint density at radius 2 is 1.61 bits per heavy atom. The van der Waals surface area contributed by atoms with Crippen LogP contribution in [0.25, 0.3) is 0 Å². The summed E-state index contributed by atoms with van der Waals surface area (Å²) in [5, 5.41) is 1.41. The fourth-order valence-corrected chi connectivity index (χ4v) is 6.34. The number of sulfonamides is 1. The molecule has 1 aliphatic heterocycles. The van der Waals surface area contributed by atoms with Crippen molar-refractivity contribution in [1.82, 2.24) is 4.31 Å². The Bertz CT molecular complexity index is 1570. The monoisotopic (exact) mass is 650 g/mol. The topological polar surface area (TPSA) is 102 Å². The zero-order chi connectivity index (χ0) is 29.9. The number of alkyl halides is 3. The molecule has 0 saturated carbocycles. The van der Waals surface area contributed by atoms with Crippen molar-refractivity contribution in [2.24, 2.45) is 0 Å². The third kappa shape index (κ3) is 7.14. The number of hydrogen-bond donors (Lipinski definition) is 1. The molecule has 0 aliphatic carbocycles. The summed E-state index contributed by atoms with van der Waals surface area (Å²) in [5.74, 6) is -2.34. The van der Waals surface area contributed by atoms with Crippen LogP contribution in [-0.2, 0) is 30.5 Å². The van der Waals surface area contributed by atoms with Crippen molar-refractivity contribution in [3.05, 3.63) is 92.4 Å². The molecule has 1 heterocycles. The van der Waals surface area contributed by atoms with E-state index in [-0.39, 0.29) is 46.9 Å². The number of amides is 1. The summed E-state index contributed by atoms with van der Waals surface area (Å²) < 4.78 is 79.0. The van der Waals surface area contributed by atoms with Crippen LogP contribution in [0.15, 0.2) is 65.6 Å². The van der Waals surface area contributed by atoms with Crippen molar-refractivity contribution < 1.29 is 40.7 Å². The van der Waals surface area contributed by atoms with Gasteiger partial charge in [-0.3, -0.25) is 4.79 Å². The van der Waals surface area contributed by atoms with Crippen LogP contribution < -0.4 is 5.32 Å². The Morgan fingerprint density at radius 1 is 0.951 bits per heavy atom. The van der Waals surface area contributed by atoms with E-state index < -0.39 is 55.9 Å². The van der Waals surface area contributed by atoms with Gasteiger partial charge in [-0.05, 0) is 30.3 Å². The van der Waals surface area contributed by atoms with Crippen LogP contribution in [-0.4, -0.2) is 50.9 Å². The lowest BCUT2D eigenvalue weighted by Crippen LogP contribution is -2.40. The van der Waals surface area contributed by atoms with Gasteiger partial charge in [-0.1, -0.05) is 65.1 Å². The fraction of sp³-hybridized carbons (Fsp3) is 0.231. The van der Waals surface area contributed by atoms with Crippen molar-refractivity contribution in [3.8, 4) is 0 Å². The summed E-state index contributed by atoms with van der Waals surface area (Å²) in [7, 11) is -4.17. The Hall–Kier alpha value is -2.87. The van der Waals surface area contributed by atoms with Crippen LogP contribution in [0.1, 0.15) is 27.6 Å². The number of hydrogen-bond acceptors (Lipinski definition) is 6. The molecule has 3 aromatic carbocycles. The second kappa shape index (κ2) is 12.6. The second-order valence-electron chi connectivity index (χ2n) is 8.65. The molecule has 1 amide bonds. The summed E-state index contributed by atoms with van der Waals surface area (Å²) in [4.78, 5) is 26.1. The number of ether oxygens (including phenoxy) is 2. The first-order valence-corrected chi connectivity index (χ1v) is 14.4. The molecule has 1 atom stereocenters. The van der Waals surface area contributed by atoms with Crippen LogP contribution in [0.5, 0.6) is 0 Å². The predicted molar refractivity (Wildman–Crippen MR) is 146 cm³/mol. The van der Waals surface area contributed by atoms with E-state index in [9.17, 15) is 31.2 Å². The largest absolute Gasteiger partial charge is 0.444 e. The van der Waals surface area contributed by atoms with Crippen molar-refractivity contribution in [2.75, 3.05) is 31.6 Å². The molecule has 1 aliphatic rings.